The SMILES string of the molecule is Cl.FC(F)(F)Oc1ccc(C2CNC2)cc1. The van der Waals surface area contributed by atoms with Crippen LogP contribution in [0.4, 0.5) is 13.2 Å². The van der Waals surface area contributed by atoms with Crippen LogP contribution in [-0.4, -0.2) is 19.5 Å². The zero-order valence-electron chi connectivity index (χ0n) is 8.25. The van der Waals surface area contributed by atoms with Gasteiger partial charge in [0.05, 0.1) is 0 Å². The normalized spacial score (nSPS) is 16.2. The van der Waals surface area contributed by atoms with Crippen LogP contribution in [0.5, 0.6) is 5.75 Å². The van der Waals surface area contributed by atoms with Crippen LogP contribution < -0.4 is 10.1 Å². The first-order valence-electron chi connectivity index (χ1n) is 4.61. The van der Waals surface area contributed by atoms with E-state index in [0.29, 0.717) is 5.92 Å². The molecule has 1 aliphatic rings. The van der Waals surface area contributed by atoms with Crippen molar-refractivity contribution in [3.05, 3.63) is 29.8 Å². The molecule has 6 heteroatoms. The Balaban J connectivity index is 0.00000128. The fourth-order valence-electron chi connectivity index (χ4n) is 1.47. The third-order valence-corrected chi connectivity index (χ3v) is 2.37. The van der Waals surface area contributed by atoms with E-state index < -0.39 is 6.36 Å². The molecule has 1 aromatic carbocycles. The van der Waals surface area contributed by atoms with Crippen LogP contribution in [0.3, 0.4) is 0 Å². The summed E-state index contributed by atoms with van der Waals surface area (Å²) in [6.07, 6.45) is -4.61. The molecular formula is C10H11ClF3NO. The Bertz CT molecular complexity index is 335. The van der Waals surface area contributed by atoms with Gasteiger partial charge in [0.1, 0.15) is 5.75 Å². The number of hydrogen-bond acceptors (Lipinski definition) is 2. The third-order valence-electron chi connectivity index (χ3n) is 2.37. The number of ether oxygens (including phenoxy) is 1. The van der Waals surface area contributed by atoms with Gasteiger partial charge in [0.15, 0.2) is 0 Å². The van der Waals surface area contributed by atoms with Gasteiger partial charge in [0, 0.05) is 19.0 Å². The van der Waals surface area contributed by atoms with Crippen LogP contribution in [0.2, 0.25) is 0 Å². The lowest BCUT2D eigenvalue weighted by molar-refractivity contribution is -0.274. The average molecular weight is 254 g/mol. The molecular weight excluding hydrogens is 243 g/mol. The number of benzene rings is 1. The summed E-state index contributed by atoms with van der Waals surface area (Å²) in [5.41, 5.74) is 1.04. The summed E-state index contributed by atoms with van der Waals surface area (Å²) in [4.78, 5) is 0. The van der Waals surface area contributed by atoms with Crippen molar-refractivity contribution < 1.29 is 17.9 Å². The first-order valence-corrected chi connectivity index (χ1v) is 4.61. The lowest BCUT2D eigenvalue weighted by Crippen LogP contribution is -2.39. The number of rotatable bonds is 2. The summed E-state index contributed by atoms with van der Waals surface area (Å²) < 4.78 is 39.3. The van der Waals surface area contributed by atoms with Crippen LogP contribution in [0.25, 0.3) is 0 Å². The largest absolute Gasteiger partial charge is 0.573 e. The molecule has 0 unspecified atom stereocenters. The van der Waals surface area contributed by atoms with E-state index in [2.05, 4.69) is 10.1 Å². The lowest BCUT2D eigenvalue weighted by atomic mass is 9.94. The molecule has 90 valence electrons. The van der Waals surface area contributed by atoms with E-state index in [0.717, 1.165) is 18.7 Å². The van der Waals surface area contributed by atoms with Gasteiger partial charge >= 0.3 is 6.36 Å². The van der Waals surface area contributed by atoms with E-state index in [9.17, 15) is 13.2 Å². The minimum atomic E-state index is -4.61. The number of hydrogen-bond donors (Lipinski definition) is 1. The molecule has 2 nitrogen and oxygen atoms in total. The van der Waals surface area contributed by atoms with E-state index in [1.165, 1.54) is 12.1 Å². The summed E-state index contributed by atoms with van der Waals surface area (Å²) >= 11 is 0. The molecule has 0 spiro atoms. The Morgan fingerprint density at radius 1 is 1.12 bits per heavy atom. The number of alkyl halides is 3. The van der Waals surface area contributed by atoms with Crippen LogP contribution in [0.15, 0.2) is 24.3 Å². The minimum Gasteiger partial charge on any atom is -0.406 e. The van der Waals surface area contributed by atoms with Gasteiger partial charge in [-0.3, -0.25) is 0 Å². The van der Waals surface area contributed by atoms with Gasteiger partial charge < -0.3 is 10.1 Å². The molecule has 1 aliphatic heterocycles. The fourth-order valence-corrected chi connectivity index (χ4v) is 1.47. The Labute approximate surface area is 97.2 Å². The molecule has 0 radical (unpaired) electrons. The zero-order valence-corrected chi connectivity index (χ0v) is 9.07. The summed E-state index contributed by atoms with van der Waals surface area (Å²) in [7, 11) is 0. The lowest BCUT2D eigenvalue weighted by Gasteiger charge is -2.27. The summed E-state index contributed by atoms with van der Waals surface area (Å²) in [6.45, 7) is 1.78. The van der Waals surface area contributed by atoms with Crippen molar-refractivity contribution >= 4 is 12.4 Å². The van der Waals surface area contributed by atoms with Crippen LogP contribution in [0, 0.1) is 0 Å². The molecule has 1 N–H and O–H groups in total. The van der Waals surface area contributed by atoms with Gasteiger partial charge in [-0.2, -0.15) is 0 Å². The molecule has 0 aromatic heterocycles. The predicted octanol–water partition coefficient (Wildman–Crippen LogP) is 2.69. The smallest absolute Gasteiger partial charge is 0.406 e. The average Bonchev–Trinajstić information content (AvgIpc) is 2.02. The molecule has 1 heterocycles. The van der Waals surface area contributed by atoms with Crippen molar-refractivity contribution in [3.8, 4) is 5.75 Å². The second-order valence-electron chi connectivity index (χ2n) is 3.47. The van der Waals surface area contributed by atoms with Crippen molar-refractivity contribution in [1.82, 2.24) is 5.32 Å². The van der Waals surface area contributed by atoms with Crippen molar-refractivity contribution in [2.24, 2.45) is 0 Å². The summed E-state index contributed by atoms with van der Waals surface area (Å²) in [5, 5.41) is 3.10. The highest BCUT2D eigenvalue weighted by atomic mass is 35.5. The maximum atomic E-state index is 11.8. The molecule has 0 bridgehead atoms. The van der Waals surface area contributed by atoms with E-state index in [4.69, 9.17) is 0 Å². The number of halogens is 4. The van der Waals surface area contributed by atoms with Gasteiger partial charge in [0.2, 0.25) is 0 Å². The Kier molecular flexibility index (Phi) is 4.04. The van der Waals surface area contributed by atoms with E-state index in [1.54, 1.807) is 12.1 Å². The molecule has 1 aromatic rings. The molecule has 2 rings (SSSR count). The van der Waals surface area contributed by atoms with Crippen molar-refractivity contribution in [2.45, 2.75) is 12.3 Å². The Morgan fingerprint density at radius 3 is 2.06 bits per heavy atom. The van der Waals surface area contributed by atoms with Crippen LogP contribution in [-0.2, 0) is 0 Å². The third kappa shape index (κ3) is 3.28. The van der Waals surface area contributed by atoms with Crippen molar-refractivity contribution in [3.63, 3.8) is 0 Å². The monoisotopic (exact) mass is 253 g/mol. The highest BCUT2D eigenvalue weighted by Crippen LogP contribution is 2.26. The second kappa shape index (κ2) is 4.93. The Hall–Kier alpha value is -0.940. The maximum Gasteiger partial charge on any atom is 0.573 e. The summed E-state index contributed by atoms with van der Waals surface area (Å²) in [5.74, 6) is 0.253. The first kappa shape index (κ1) is 13.1. The quantitative estimate of drug-likeness (QED) is 0.875. The molecule has 1 fully saturated rings. The van der Waals surface area contributed by atoms with Gasteiger partial charge in [-0.05, 0) is 17.7 Å². The van der Waals surface area contributed by atoms with Crippen LogP contribution in [0.1, 0.15) is 11.5 Å². The van der Waals surface area contributed by atoms with E-state index in [1.807, 2.05) is 0 Å². The zero-order chi connectivity index (χ0) is 10.9. The molecule has 0 atom stereocenters. The second-order valence-corrected chi connectivity index (χ2v) is 3.47. The first-order chi connectivity index (χ1) is 7.04. The van der Waals surface area contributed by atoms with E-state index >= 15 is 0 Å². The molecule has 16 heavy (non-hydrogen) atoms. The summed E-state index contributed by atoms with van der Waals surface area (Å²) in [6, 6.07) is 6.04. The van der Waals surface area contributed by atoms with Gasteiger partial charge in [-0.25, -0.2) is 0 Å². The topological polar surface area (TPSA) is 21.3 Å². The fraction of sp³-hybridized carbons (Fsp3) is 0.400. The molecule has 0 aliphatic carbocycles. The molecule has 1 saturated heterocycles. The standard InChI is InChI=1S/C10H10F3NO.ClH/c11-10(12,13)15-9-3-1-7(2-4-9)8-5-14-6-8;/h1-4,8,14H,5-6H2;1H. The number of nitrogens with one attached hydrogen (secondary N) is 1. The van der Waals surface area contributed by atoms with Crippen molar-refractivity contribution in [2.75, 3.05) is 13.1 Å². The van der Waals surface area contributed by atoms with Gasteiger partial charge in [-0.1, -0.05) is 12.1 Å². The molecule has 0 amide bonds. The highest BCUT2D eigenvalue weighted by Gasteiger charge is 2.31. The van der Waals surface area contributed by atoms with Gasteiger partial charge in [-0.15, -0.1) is 25.6 Å². The maximum absolute atomic E-state index is 11.8. The van der Waals surface area contributed by atoms with E-state index in [-0.39, 0.29) is 18.2 Å². The van der Waals surface area contributed by atoms with Crippen LogP contribution >= 0.6 is 12.4 Å². The molecule has 0 saturated carbocycles. The van der Waals surface area contributed by atoms with Gasteiger partial charge in [0.25, 0.3) is 0 Å². The minimum absolute atomic E-state index is 0. The Morgan fingerprint density at radius 2 is 1.69 bits per heavy atom. The van der Waals surface area contributed by atoms with Crippen molar-refractivity contribution in [1.29, 1.82) is 0 Å². The highest BCUT2D eigenvalue weighted by molar-refractivity contribution is 5.85. The predicted molar refractivity (Wildman–Crippen MR) is 56.0 cm³/mol.